The number of nitrogens with one attached hydrogen (secondary N) is 1. The maximum Gasteiger partial charge on any atom is 0.317 e. The van der Waals surface area contributed by atoms with Crippen LogP contribution in [0.3, 0.4) is 0 Å². The van der Waals surface area contributed by atoms with E-state index in [2.05, 4.69) is 27.2 Å². The first-order valence-electron chi connectivity index (χ1n) is 8.79. The van der Waals surface area contributed by atoms with Crippen LogP contribution in [0.2, 0.25) is 0 Å². The van der Waals surface area contributed by atoms with Gasteiger partial charge in [-0.15, -0.1) is 0 Å². The Bertz CT molecular complexity index is 730. The van der Waals surface area contributed by atoms with Crippen LogP contribution in [0.15, 0.2) is 30.7 Å². The molecule has 1 N–H and O–H groups in total. The van der Waals surface area contributed by atoms with Crippen LogP contribution < -0.4 is 10.2 Å². The first kappa shape index (κ1) is 18.2. The minimum atomic E-state index is -0.125. The topological polar surface area (TPSA) is 75.5 Å². The molecule has 0 aromatic carbocycles. The lowest BCUT2D eigenvalue weighted by atomic mass is 10.2. The molecule has 0 aliphatic carbocycles. The number of urea groups is 1. The van der Waals surface area contributed by atoms with Crippen LogP contribution in [0.1, 0.15) is 18.1 Å². The fraction of sp³-hybridized carbons (Fsp3) is 0.500. The molecule has 2 aromatic rings. The molecule has 0 spiro atoms. The van der Waals surface area contributed by atoms with Crippen LogP contribution in [-0.4, -0.2) is 58.5 Å². The number of anilines is 1. The molecule has 8 nitrogen and oxygen atoms in total. The Morgan fingerprint density at radius 1 is 1.38 bits per heavy atom. The van der Waals surface area contributed by atoms with Gasteiger partial charge in [-0.2, -0.15) is 5.10 Å². The lowest BCUT2D eigenvalue weighted by molar-refractivity contribution is 0.0529. The molecule has 0 saturated carbocycles. The van der Waals surface area contributed by atoms with E-state index in [4.69, 9.17) is 4.74 Å². The highest BCUT2D eigenvalue weighted by Gasteiger charge is 2.17. The second-order valence-electron chi connectivity index (χ2n) is 6.69. The van der Waals surface area contributed by atoms with Crippen LogP contribution in [-0.2, 0) is 24.9 Å². The number of aromatic nitrogens is 3. The van der Waals surface area contributed by atoms with Crippen LogP contribution in [0.4, 0.5) is 10.6 Å². The van der Waals surface area contributed by atoms with Crippen LogP contribution >= 0.6 is 0 Å². The third kappa shape index (κ3) is 4.72. The molecule has 0 unspecified atom stereocenters. The van der Waals surface area contributed by atoms with Crippen LogP contribution in [0.25, 0.3) is 0 Å². The molecule has 1 fully saturated rings. The molecule has 26 heavy (non-hydrogen) atoms. The molecule has 2 aromatic heterocycles. The van der Waals surface area contributed by atoms with Crippen molar-refractivity contribution in [2.75, 3.05) is 31.6 Å². The van der Waals surface area contributed by atoms with Crippen molar-refractivity contribution in [1.82, 2.24) is 25.0 Å². The average molecular weight is 358 g/mol. The SMILES string of the molecule is C[C@@H]1CN(c2ccc(CNC(=O)N(C)Cc3cnn(C)c3)cn2)CCO1. The number of nitrogens with zero attached hydrogens (tertiary/aromatic N) is 5. The Morgan fingerprint density at radius 3 is 2.88 bits per heavy atom. The molecule has 8 heteroatoms. The number of morpholine rings is 1. The minimum absolute atomic E-state index is 0.125. The van der Waals surface area contributed by atoms with Gasteiger partial charge in [0.15, 0.2) is 0 Å². The predicted molar refractivity (Wildman–Crippen MR) is 98.8 cm³/mol. The predicted octanol–water partition coefficient (Wildman–Crippen LogP) is 1.38. The second-order valence-corrected chi connectivity index (χ2v) is 6.69. The number of ether oxygens (including phenoxy) is 1. The van der Waals surface area contributed by atoms with E-state index in [1.807, 2.05) is 31.6 Å². The number of hydrogen-bond acceptors (Lipinski definition) is 5. The number of rotatable bonds is 5. The molecular formula is C18H26N6O2. The summed E-state index contributed by atoms with van der Waals surface area (Å²) in [6.07, 6.45) is 5.70. The zero-order valence-corrected chi connectivity index (χ0v) is 15.6. The smallest absolute Gasteiger partial charge is 0.317 e. The summed E-state index contributed by atoms with van der Waals surface area (Å²) < 4.78 is 7.28. The van der Waals surface area contributed by atoms with Gasteiger partial charge in [0.05, 0.1) is 25.5 Å². The number of carbonyl (C=O) groups excluding carboxylic acids is 1. The highest BCUT2D eigenvalue weighted by atomic mass is 16.5. The van der Waals surface area contributed by atoms with Crippen molar-refractivity contribution >= 4 is 11.8 Å². The standard InChI is InChI=1S/C18H26N6O2/c1-14-11-24(6-7-26-14)17-5-4-15(8-19-17)9-20-18(25)22(2)12-16-10-21-23(3)13-16/h4-5,8,10,13-14H,6-7,9,11-12H2,1-3H3,(H,20,25)/t14-/m1/s1. The van der Waals surface area contributed by atoms with Gasteiger partial charge in [0.25, 0.3) is 0 Å². The lowest BCUT2D eigenvalue weighted by Gasteiger charge is -2.32. The van der Waals surface area contributed by atoms with Crippen molar-refractivity contribution in [3.63, 3.8) is 0 Å². The van der Waals surface area contributed by atoms with Gasteiger partial charge in [0.1, 0.15) is 5.82 Å². The summed E-state index contributed by atoms with van der Waals surface area (Å²) in [7, 11) is 3.63. The molecule has 2 amide bonds. The molecule has 0 bridgehead atoms. The third-order valence-corrected chi connectivity index (χ3v) is 4.34. The van der Waals surface area contributed by atoms with Gasteiger partial charge in [0.2, 0.25) is 0 Å². The first-order valence-corrected chi connectivity index (χ1v) is 8.79. The summed E-state index contributed by atoms with van der Waals surface area (Å²) >= 11 is 0. The maximum absolute atomic E-state index is 12.2. The summed E-state index contributed by atoms with van der Waals surface area (Å²) in [6, 6.07) is 3.88. The zero-order valence-electron chi connectivity index (χ0n) is 15.6. The molecule has 1 saturated heterocycles. The third-order valence-electron chi connectivity index (χ3n) is 4.34. The summed E-state index contributed by atoms with van der Waals surface area (Å²) in [6.45, 7) is 5.46. The molecule has 1 atom stereocenters. The van der Waals surface area contributed by atoms with Gasteiger partial charge in [-0.3, -0.25) is 4.68 Å². The Morgan fingerprint density at radius 2 is 2.23 bits per heavy atom. The van der Waals surface area contributed by atoms with Crippen molar-refractivity contribution in [3.05, 3.63) is 41.9 Å². The summed E-state index contributed by atoms with van der Waals surface area (Å²) in [5.41, 5.74) is 1.97. The Labute approximate surface area is 153 Å². The van der Waals surface area contributed by atoms with Crippen molar-refractivity contribution in [2.45, 2.75) is 26.1 Å². The highest BCUT2D eigenvalue weighted by Crippen LogP contribution is 2.15. The summed E-state index contributed by atoms with van der Waals surface area (Å²) in [5.74, 6) is 0.948. The Balaban J connectivity index is 1.48. The summed E-state index contributed by atoms with van der Waals surface area (Å²) in [4.78, 5) is 20.6. The normalized spacial score (nSPS) is 17.2. The fourth-order valence-electron chi connectivity index (χ4n) is 2.95. The van der Waals surface area contributed by atoms with Crippen LogP contribution in [0, 0.1) is 0 Å². The average Bonchev–Trinajstić information content (AvgIpc) is 3.05. The van der Waals surface area contributed by atoms with Crippen molar-refractivity contribution in [1.29, 1.82) is 0 Å². The van der Waals surface area contributed by atoms with E-state index in [0.29, 0.717) is 13.1 Å². The zero-order chi connectivity index (χ0) is 18.5. The molecule has 3 heterocycles. The largest absolute Gasteiger partial charge is 0.375 e. The van der Waals surface area contributed by atoms with Gasteiger partial charge in [-0.25, -0.2) is 9.78 Å². The van der Waals surface area contributed by atoms with E-state index in [1.54, 1.807) is 22.8 Å². The van der Waals surface area contributed by atoms with Crippen molar-refractivity contribution < 1.29 is 9.53 Å². The second kappa shape index (κ2) is 8.18. The van der Waals surface area contributed by atoms with E-state index in [1.165, 1.54) is 0 Å². The molecule has 0 radical (unpaired) electrons. The molecular weight excluding hydrogens is 332 g/mol. The summed E-state index contributed by atoms with van der Waals surface area (Å²) in [5, 5.41) is 7.03. The van der Waals surface area contributed by atoms with Crippen molar-refractivity contribution in [3.8, 4) is 0 Å². The van der Waals surface area contributed by atoms with E-state index >= 15 is 0 Å². The Kier molecular flexibility index (Phi) is 5.72. The molecule has 1 aliphatic rings. The van der Waals surface area contributed by atoms with Gasteiger partial charge in [-0.1, -0.05) is 6.07 Å². The van der Waals surface area contributed by atoms with E-state index < -0.39 is 0 Å². The number of hydrogen-bond donors (Lipinski definition) is 1. The first-order chi connectivity index (χ1) is 12.5. The maximum atomic E-state index is 12.2. The van der Waals surface area contributed by atoms with Crippen LogP contribution in [0.5, 0.6) is 0 Å². The number of aryl methyl sites for hydroxylation is 1. The fourth-order valence-corrected chi connectivity index (χ4v) is 2.95. The molecule has 3 rings (SSSR count). The van der Waals surface area contributed by atoms with Gasteiger partial charge >= 0.3 is 6.03 Å². The van der Waals surface area contributed by atoms with Gasteiger partial charge in [-0.05, 0) is 18.6 Å². The monoisotopic (exact) mass is 358 g/mol. The van der Waals surface area contributed by atoms with Gasteiger partial charge in [0, 0.05) is 51.7 Å². The van der Waals surface area contributed by atoms with E-state index in [9.17, 15) is 4.79 Å². The van der Waals surface area contributed by atoms with E-state index in [-0.39, 0.29) is 12.1 Å². The number of amides is 2. The Hall–Kier alpha value is -2.61. The number of carbonyl (C=O) groups is 1. The molecule has 140 valence electrons. The molecule has 1 aliphatic heterocycles. The number of pyridine rings is 1. The minimum Gasteiger partial charge on any atom is -0.375 e. The quantitative estimate of drug-likeness (QED) is 0.874. The van der Waals surface area contributed by atoms with E-state index in [0.717, 1.165) is 36.6 Å². The van der Waals surface area contributed by atoms with Crippen molar-refractivity contribution in [2.24, 2.45) is 7.05 Å². The van der Waals surface area contributed by atoms with Gasteiger partial charge < -0.3 is 19.9 Å². The lowest BCUT2D eigenvalue weighted by Crippen LogP contribution is -2.41. The highest BCUT2D eigenvalue weighted by molar-refractivity contribution is 5.73.